The highest BCUT2D eigenvalue weighted by molar-refractivity contribution is 6.04. The number of carbonyl (C=O) groups is 1. The summed E-state index contributed by atoms with van der Waals surface area (Å²) in [5.74, 6) is 0.928. The summed E-state index contributed by atoms with van der Waals surface area (Å²) in [5.41, 5.74) is 3.02. The monoisotopic (exact) mass is 374 g/mol. The fraction of sp³-hybridized carbons (Fsp3) is 0.286. The molecular formula is C21H22N6O. The van der Waals surface area contributed by atoms with E-state index in [1.807, 2.05) is 49.6 Å². The van der Waals surface area contributed by atoms with E-state index in [1.165, 1.54) is 0 Å². The van der Waals surface area contributed by atoms with Gasteiger partial charge in [-0.2, -0.15) is 0 Å². The van der Waals surface area contributed by atoms with Gasteiger partial charge in [0.15, 0.2) is 0 Å². The maximum Gasteiger partial charge on any atom is 0.259 e. The number of piperidine rings is 1. The van der Waals surface area contributed by atoms with E-state index >= 15 is 0 Å². The minimum atomic E-state index is -0.186. The molecule has 0 spiro atoms. The van der Waals surface area contributed by atoms with Gasteiger partial charge in [0.1, 0.15) is 12.2 Å². The third-order valence-corrected chi connectivity index (χ3v) is 5.05. The summed E-state index contributed by atoms with van der Waals surface area (Å²) in [4.78, 5) is 32.1. The molecule has 28 heavy (non-hydrogen) atoms. The molecule has 1 fully saturated rings. The molecule has 0 saturated carbocycles. The van der Waals surface area contributed by atoms with Crippen LogP contribution in [0, 0.1) is 6.92 Å². The Bertz CT molecular complexity index is 940. The Morgan fingerprint density at radius 2 is 1.79 bits per heavy atom. The van der Waals surface area contributed by atoms with Crippen molar-refractivity contribution in [2.75, 3.05) is 23.3 Å². The highest BCUT2D eigenvalue weighted by Gasteiger charge is 2.24. The van der Waals surface area contributed by atoms with Crippen molar-refractivity contribution < 1.29 is 4.79 Å². The summed E-state index contributed by atoms with van der Waals surface area (Å²) >= 11 is 0. The molecule has 0 atom stereocenters. The molecule has 0 bridgehead atoms. The lowest BCUT2D eigenvalue weighted by molar-refractivity contribution is 0.102. The van der Waals surface area contributed by atoms with Crippen molar-refractivity contribution in [3.8, 4) is 0 Å². The molecule has 3 aromatic rings. The zero-order chi connectivity index (χ0) is 19.3. The van der Waals surface area contributed by atoms with Crippen molar-refractivity contribution in [3.05, 3.63) is 72.3 Å². The number of aryl methyl sites for hydroxylation is 1. The SMILES string of the molecule is Cc1nc(C2CCN(c3cncnc3)CC2)ncc1C(=O)Nc1ccccc1. The van der Waals surface area contributed by atoms with Crippen LogP contribution in [0.25, 0.3) is 0 Å². The summed E-state index contributed by atoms with van der Waals surface area (Å²) in [6.45, 7) is 3.69. The lowest BCUT2D eigenvalue weighted by Crippen LogP contribution is -2.33. The van der Waals surface area contributed by atoms with E-state index in [-0.39, 0.29) is 5.91 Å². The van der Waals surface area contributed by atoms with Gasteiger partial charge in [-0.05, 0) is 31.9 Å². The maximum absolute atomic E-state index is 12.5. The molecular weight excluding hydrogens is 352 g/mol. The van der Waals surface area contributed by atoms with Crippen LogP contribution in [0.15, 0.2) is 55.2 Å². The van der Waals surface area contributed by atoms with Crippen LogP contribution in [0.1, 0.15) is 40.6 Å². The Labute approximate surface area is 163 Å². The van der Waals surface area contributed by atoms with E-state index in [1.54, 1.807) is 12.5 Å². The van der Waals surface area contributed by atoms with E-state index in [9.17, 15) is 4.79 Å². The van der Waals surface area contributed by atoms with E-state index in [0.29, 0.717) is 17.2 Å². The first-order valence-electron chi connectivity index (χ1n) is 9.40. The molecule has 142 valence electrons. The molecule has 3 heterocycles. The molecule has 0 radical (unpaired) electrons. The fourth-order valence-electron chi connectivity index (χ4n) is 3.47. The minimum absolute atomic E-state index is 0.186. The quantitative estimate of drug-likeness (QED) is 0.755. The van der Waals surface area contributed by atoms with Gasteiger partial charge >= 0.3 is 0 Å². The largest absolute Gasteiger partial charge is 0.369 e. The molecule has 7 nitrogen and oxygen atoms in total. The van der Waals surface area contributed by atoms with Gasteiger partial charge in [0.05, 0.1) is 29.3 Å². The Hall–Kier alpha value is -3.35. The Kier molecular flexibility index (Phi) is 5.23. The topological polar surface area (TPSA) is 83.9 Å². The van der Waals surface area contributed by atoms with E-state index in [4.69, 9.17) is 0 Å². The number of amides is 1. The second-order valence-corrected chi connectivity index (χ2v) is 6.91. The number of para-hydroxylation sites is 1. The highest BCUT2D eigenvalue weighted by atomic mass is 16.1. The second kappa shape index (κ2) is 8.12. The lowest BCUT2D eigenvalue weighted by Gasteiger charge is -2.32. The summed E-state index contributed by atoms with van der Waals surface area (Å²) in [7, 11) is 0. The minimum Gasteiger partial charge on any atom is -0.369 e. The summed E-state index contributed by atoms with van der Waals surface area (Å²) in [5, 5.41) is 2.88. The summed E-state index contributed by atoms with van der Waals surface area (Å²) in [6.07, 6.45) is 8.80. The first-order valence-corrected chi connectivity index (χ1v) is 9.40. The van der Waals surface area contributed by atoms with Crippen LogP contribution in [0.5, 0.6) is 0 Å². The molecule has 1 saturated heterocycles. The van der Waals surface area contributed by atoms with Gasteiger partial charge in [-0.3, -0.25) is 4.79 Å². The number of aromatic nitrogens is 4. The van der Waals surface area contributed by atoms with Crippen LogP contribution >= 0.6 is 0 Å². The van der Waals surface area contributed by atoms with Crippen LogP contribution in [-0.2, 0) is 0 Å². The average molecular weight is 374 g/mol. The molecule has 4 rings (SSSR count). The summed E-state index contributed by atoms with van der Waals surface area (Å²) < 4.78 is 0. The third-order valence-electron chi connectivity index (χ3n) is 5.05. The van der Waals surface area contributed by atoms with Crippen LogP contribution < -0.4 is 10.2 Å². The highest BCUT2D eigenvalue weighted by Crippen LogP contribution is 2.28. The number of hydrogen-bond donors (Lipinski definition) is 1. The smallest absolute Gasteiger partial charge is 0.259 e. The molecule has 2 aromatic heterocycles. The van der Waals surface area contributed by atoms with Gasteiger partial charge in [0, 0.05) is 30.9 Å². The van der Waals surface area contributed by atoms with Crippen molar-refractivity contribution in [2.24, 2.45) is 0 Å². The second-order valence-electron chi connectivity index (χ2n) is 6.91. The van der Waals surface area contributed by atoms with Gasteiger partial charge in [0.2, 0.25) is 0 Å². The number of nitrogens with zero attached hydrogens (tertiary/aromatic N) is 5. The van der Waals surface area contributed by atoms with Gasteiger partial charge in [0.25, 0.3) is 5.91 Å². The van der Waals surface area contributed by atoms with Crippen molar-refractivity contribution in [1.29, 1.82) is 0 Å². The fourth-order valence-corrected chi connectivity index (χ4v) is 3.47. The maximum atomic E-state index is 12.5. The van der Waals surface area contributed by atoms with Crippen LogP contribution in [0.3, 0.4) is 0 Å². The molecule has 0 unspecified atom stereocenters. The predicted octanol–water partition coefficient (Wildman–Crippen LogP) is 3.21. The molecule has 1 amide bonds. The Morgan fingerprint density at radius 3 is 2.46 bits per heavy atom. The molecule has 7 heteroatoms. The third kappa shape index (κ3) is 3.98. The van der Waals surface area contributed by atoms with Gasteiger partial charge < -0.3 is 10.2 Å². The Balaban J connectivity index is 1.41. The van der Waals surface area contributed by atoms with Crippen molar-refractivity contribution in [3.63, 3.8) is 0 Å². The number of rotatable bonds is 4. The molecule has 1 aliphatic heterocycles. The average Bonchev–Trinajstić information content (AvgIpc) is 2.75. The number of benzene rings is 1. The molecule has 0 aliphatic carbocycles. The molecule has 1 N–H and O–H groups in total. The van der Waals surface area contributed by atoms with E-state index < -0.39 is 0 Å². The first-order chi connectivity index (χ1) is 13.7. The Morgan fingerprint density at radius 1 is 1.07 bits per heavy atom. The zero-order valence-electron chi connectivity index (χ0n) is 15.7. The summed E-state index contributed by atoms with van der Waals surface area (Å²) in [6, 6.07) is 9.39. The number of anilines is 2. The molecule has 1 aliphatic rings. The van der Waals surface area contributed by atoms with Crippen LogP contribution in [-0.4, -0.2) is 38.9 Å². The van der Waals surface area contributed by atoms with Crippen molar-refractivity contribution in [1.82, 2.24) is 19.9 Å². The predicted molar refractivity (Wildman–Crippen MR) is 107 cm³/mol. The van der Waals surface area contributed by atoms with Crippen molar-refractivity contribution in [2.45, 2.75) is 25.7 Å². The standard InChI is InChI=1S/C21H22N6O/c1-15-19(21(28)26-17-5-3-2-4-6-17)13-24-20(25-15)16-7-9-27(10-8-16)18-11-22-14-23-12-18/h2-6,11-14,16H,7-10H2,1H3,(H,26,28). The van der Waals surface area contributed by atoms with Gasteiger partial charge in [-0.25, -0.2) is 19.9 Å². The van der Waals surface area contributed by atoms with Gasteiger partial charge in [-0.1, -0.05) is 18.2 Å². The number of carbonyl (C=O) groups excluding carboxylic acids is 1. The van der Waals surface area contributed by atoms with Crippen LogP contribution in [0.4, 0.5) is 11.4 Å². The van der Waals surface area contributed by atoms with Crippen LogP contribution in [0.2, 0.25) is 0 Å². The zero-order valence-corrected chi connectivity index (χ0v) is 15.7. The molecule has 1 aromatic carbocycles. The number of hydrogen-bond acceptors (Lipinski definition) is 6. The van der Waals surface area contributed by atoms with E-state index in [2.05, 4.69) is 30.2 Å². The number of nitrogens with one attached hydrogen (secondary N) is 1. The first kappa shape index (κ1) is 18.0. The lowest BCUT2D eigenvalue weighted by atomic mass is 9.95. The van der Waals surface area contributed by atoms with Gasteiger partial charge in [-0.15, -0.1) is 0 Å². The van der Waals surface area contributed by atoms with E-state index in [0.717, 1.165) is 43.1 Å². The normalized spacial score (nSPS) is 14.7. The van der Waals surface area contributed by atoms with Crippen molar-refractivity contribution >= 4 is 17.3 Å².